The lowest BCUT2D eigenvalue weighted by Crippen LogP contribution is -2.48. The molecule has 3 atom stereocenters. The first-order valence-corrected chi connectivity index (χ1v) is 8.44. The summed E-state index contributed by atoms with van der Waals surface area (Å²) in [6.45, 7) is 7.09. The van der Waals surface area contributed by atoms with Gasteiger partial charge in [-0.05, 0) is 57.4 Å². The van der Waals surface area contributed by atoms with E-state index in [0.717, 1.165) is 24.6 Å². The van der Waals surface area contributed by atoms with Crippen molar-refractivity contribution < 1.29 is 4.74 Å². The highest BCUT2D eigenvalue weighted by molar-refractivity contribution is 4.88. The number of nitrogens with one attached hydrogen (secondary N) is 1. The molecule has 0 spiro atoms. The fourth-order valence-electron chi connectivity index (χ4n) is 3.68. The molecular formula is C16H30N2O. The number of nitrogens with zero attached hydrogens (tertiary/aromatic N) is 1. The van der Waals surface area contributed by atoms with Gasteiger partial charge in [0.25, 0.3) is 0 Å². The van der Waals surface area contributed by atoms with Gasteiger partial charge in [0.15, 0.2) is 0 Å². The third-order valence-corrected chi connectivity index (χ3v) is 5.12. The first kappa shape index (κ1) is 13.8. The summed E-state index contributed by atoms with van der Waals surface area (Å²) in [5.41, 5.74) is 0. The lowest BCUT2D eigenvalue weighted by Gasteiger charge is -2.38. The molecule has 2 heterocycles. The van der Waals surface area contributed by atoms with Gasteiger partial charge >= 0.3 is 0 Å². The monoisotopic (exact) mass is 266 g/mol. The first-order chi connectivity index (χ1) is 9.35. The quantitative estimate of drug-likeness (QED) is 0.799. The molecule has 0 bridgehead atoms. The van der Waals surface area contributed by atoms with Crippen LogP contribution in [0.1, 0.15) is 51.9 Å². The van der Waals surface area contributed by atoms with Crippen molar-refractivity contribution in [3.05, 3.63) is 0 Å². The van der Waals surface area contributed by atoms with Gasteiger partial charge in [-0.2, -0.15) is 0 Å². The molecule has 0 radical (unpaired) electrons. The highest BCUT2D eigenvalue weighted by Gasteiger charge is 2.32. The summed E-state index contributed by atoms with van der Waals surface area (Å²) >= 11 is 0. The molecule has 0 aromatic heterocycles. The average Bonchev–Trinajstić information content (AvgIpc) is 3.12. The summed E-state index contributed by atoms with van der Waals surface area (Å²) in [6.07, 6.45) is 9.87. The molecule has 3 nitrogen and oxygen atoms in total. The lowest BCUT2D eigenvalue weighted by atomic mass is 9.99. The number of rotatable bonds is 6. The van der Waals surface area contributed by atoms with Crippen LogP contribution in [0.2, 0.25) is 0 Å². The fourth-order valence-corrected chi connectivity index (χ4v) is 3.68. The summed E-state index contributed by atoms with van der Waals surface area (Å²) in [7, 11) is 0. The van der Waals surface area contributed by atoms with Crippen molar-refractivity contribution in [3.8, 4) is 0 Å². The molecule has 2 saturated heterocycles. The first-order valence-electron chi connectivity index (χ1n) is 8.44. The molecule has 3 fully saturated rings. The van der Waals surface area contributed by atoms with E-state index in [1.54, 1.807) is 0 Å². The van der Waals surface area contributed by atoms with Crippen LogP contribution in [0.3, 0.4) is 0 Å². The minimum absolute atomic E-state index is 0.511. The van der Waals surface area contributed by atoms with Gasteiger partial charge in [0, 0.05) is 31.8 Å². The maximum Gasteiger partial charge on any atom is 0.0587 e. The third-order valence-electron chi connectivity index (χ3n) is 5.12. The Balaban J connectivity index is 1.56. The predicted molar refractivity (Wildman–Crippen MR) is 78.4 cm³/mol. The smallest absolute Gasteiger partial charge is 0.0587 e. The van der Waals surface area contributed by atoms with Crippen LogP contribution in [-0.4, -0.2) is 49.3 Å². The molecule has 3 heteroatoms. The molecule has 3 rings (SSSR count). The van der Waals surface area contributed by atoms with Gasteiger partial charge in [-0.25, -0.2) is 0 Å². The van der Waals surface area contributed by atoms with E-state index < -0.39 is 0 Å². The minimum Gasteiger partial charge on any atom is -0.378 e. The summed E-state index contributed by atoms with van der Waals surface area (Å²) in [5, 5.41) is 3.67. The van der Waals surface area contributed by atoms with Crippen molar-refractivity contribution in [2.24, 2.45) is 5.92 Å². The Kier molecular flexibility index (Phi) is 4.78. The van der Waals surface area contributed by atoms with Crippen LogP contribution < -0.4 is 5.32 Å². The Morgan fingerprint density at radius 3 is 2.74 bits per heavy atom. The van der Waals surface area contributed by atoms with Crippen LogP contribution in [0.4, 0.5) is 0 Å². The van der Waals surface area contributed by atoms with Crippen LogP contribution in [0.25, 0.3) is 0 Å². The van der Waals surface area contributed by atoms with Crippen molar-refractivity contribution in [2.75, 3.05) is 26.2 Å². The summed E-state index contributed by atoms with van der Waals surface area (Å²) < 4.78 is 5.86. The Morgan fingerprint density at radius 2 is 2.05 bits per heavy atom. The van der Waals surface area contributed by atoms with E-state index in [1.165, 1.54) is 64.6 Å². The summed E-state index contributed by atoms with van der Waals surface area (Å²) in [5.74, 6) is 1.00. The lowest BCUT2D eigenvalue weighted by molar-refractivity contribution is -0.0306. The molecular weight excluding hydrogens is 236 g/mol. The fraction of sp³-hybridized carbons (Fsp3) is 1.00. The molecule has 0 aromatic carbocycles. The van der Waals surface area contributed by atoms with Crippen LogP contribution in [-0.2, 0) is 4.74 Å². The maximum absolute atomic E-state index is 5.86. The van der Waals surface area contributed by atoms with Crippen molar-refractivity contribution in [2.45, 2.75) is 70.1 Å². The zero-order chi connectivity index (χ0) is 13.1. The molecule has 0 aromatic rings. The standard InChI is InChI=1S/C16H30N2O/c1-2-16-10-15(7-9-19-16)18(11-13-5-6-13)12-14-4-3-8-17-14/h13-17H,2-12H2,1H3. The van der Waals surface area contributed by atoms with Crippen molar-refractivity contribution in [1.82, 2.24) is 10.2 Å². The van der Waals surface area contributed by atoms with E-state index >= 15 is 0 Å². The van der Waals surface area contributed by atoms with Gasteiger partial charge in [-0.3, -0.25) is 4.90 Å². The molecule has 0 amide bonds. The average molecular weight is 266 g/mol. The van der Waals surface area contributed by atoms with E-state index in [2.05, 4.69) is 17.1 Å². The maximum atomic E-state index is 5.86. The third kappa shape index (κ3) is 3.93. The highest BCUT2D eigenvalue weighted by atomic mass is 16.5. The molecule has 2 aliphatic heterocycles. The highest BCUT2D eigenvalue weighted by Crippen LogP contribution is 2.32. The molecule has 3 unspecified atom stereocenters. The topological polar surface area (TPSA) is 24.5 Å². The van der Waals surface area contributed by atoms with E-state index in [-0.39, 0.29) is 0 Å². The molecule has 110 valence electrons. The molecule has 1 aliphatic carbocycles. The van der Waals surface area contributed by atoms with E-state index in [4.69, 9.17) is 4.74 Å². The Bertz CT molecular complexity index is 274. The van der Waals surface area contributed by atoms with Gasteiger partial charge in [-0.1, -0.05) is 6.92 Å². The van der Waals surface area contributed by atoms with E-state index in [9.17, 15) is 0 Å². The Labute approximate surface area is 118 Å². The molecule has 19 heavy (non-hydrogen) atoms. The second-order valence-corrected chi connectivity index (χ2v) is 6.77. The SMILES string of the molecule is CCC1CC(N(CC2CC2)CC2CCCN2)CCO1. The van der Waals surface area contributed by atoms with Crippen molar-refractivity contribution >= 4 is 0 Å². The molecule has 3 aliphatic rings. The molecule has 1 N–H and O–H groups in total. The van der Waals surface area contributed by atoms with Gasteiger partial charge in [0.05, 0.1) is 6.10 Å². The van der Waals surface area contributed by atoms with Gasteiger partial charge in [0.2, 0.25) is 0 Å². The van der Waals surface area contributed by atoms with Gasteiger partial charge in [0.1, 0.15) is 0 Å². The van der Waals surface area contributed by atoms with Gasteiger partial charge < -0.3 is 10.1 Å². The van der Waals surface area contributed by atoms with Crippen LogP contribution in [0, 0.1) is 5.92 Å². The Morgan fingerprint density at radius 1 is 1.16 bits per heavy atom. The largest absolute Gasteiger partial charge is 0.378 e. The predicted octanol–water partition coefficient (Wildman–Crippen LogP) is 2.41. The van der Waals surface area contributed by atoms with Crippen molar-refractivity contribution in [1.29, 1.82) is 0 Å². The number of ether oxygens (including phenoxy) is 1. The second kappa shape index (κ2) is 6.55. The zero-order valence-electron chi connectivity index (χ0n) is 12.4. The summed E-state index contributed by atoms with van der Waals surface area (Å²) in [4.78, 5) is 2.81. The number of hydrogen-bond donors (Lipinski definition) is 1. The zero-order valence-corrected chi connectivity index (χ0v) is 12.4. The summed E-state index contributed by atoms with van der Waals surface area (Å²) in [6, 6.07) is 1.53. The van der Waals surface area contributed by atoms with Crippen LogP contribution in [0.5, 0.6) is 0 Å². The Hall–Kier alpha value is -0.120. The van der Waals surface area contributed by atoms with E-state index in [1.807, 2.05) is 0 Å². The molecule has 1 saturated carbocycles. The van der Waals surface area contributed by atoms with Crippen LogP contribution >= 0.6 is 0 Å². The second-order valence-electron chi connectivity index (χ2n) is 6.77. The van der Waals surface area contributed by atoms with E-state index in [0.29, 0.717) is 6.10 Å². The van der Waals surface area contributed by atoms with Crippen LogP contribution in [0.15, 0.2) is 0 Å². The normalized spacial score (nSPS) is 36.0. The number of hydrogen-bond acceptors (Lipinski definition) is 3. The minimum atomic E-state index is 0.511. The van der Waals surface area contributed by atoms with Gasteiger partial charge in [-0.15, -0.1) is 0 Å². The van der Waals surface area contributed by atoms with Crippen molar-refractivity contribution in [3.63, 3.8) is 0 Å².